The van der Waals surface area contributed by atoms with Crippen molar-refractivity contribution in [2.45, 2.75) is 31.3 Å². The molecule has 37 heavy (non-hydrogen) atoms. The first-order chi connectivity index (χ1) is 18.2. The molecule has 1 fully saturated rings. The summed E-state index contributed by atoms with van der Waals surface area (Å²) in [5, 5.41) is 2.13. The lowest BCUT2D eigenvalue weighted by Crippen LogP contribution is -2.53. The molecule has 0 aromatic heterocycles. The van der Waals surface area contributed by atoms with Gasteiger partial charge in [-0.3, -0.25) is 9.69 Å². The summed E-state index contributed by atoms with van der Waals surface area (Å²) < 4.78 is 11.3. The van der Waals surface area contributed by atoms with Gasteiger partial charge >= 0.3 is 0 Å². The number of rotatable bonds is 3. The largest absolute Gasteiger partial charge is 0.454 e. The Morgan fingerprint density at radius 3 is 2.54 bits per heavy atom. The van der Waals surface area contributed by atoms with Gasteiger partial charge in [-0.15, -0.1) is 0 Å². The number of amides is 1. The van der Waals surface area contributed by atoms with Crippen LogP contribution in [-0.2, 0) is 18.5 Å². The molecule has 0 unspecified atom stereocenters. The quantitative estimate of drug-likeness (QED) is 0.366. The van der Waals surface area contributed by atoms with Crippen molar-refractivity contribution in [1.82, 2.24) is 9.80 Å². The Kier molecular flexibility index (Phi) is 5.40. The lowest BCUT2D eigenvalue weighted by molar-refractivity contribution is 0.0574. The maximum absolute atomic E-state index is 14.0. The first-order valence-electron chi connectivity index (χ1n) is 13.2. The molecule has 0 radical (unpaired) electrons. The molecule has 7 rings (SSSR count). The molecule has 4 aromatic rings. The molecule has 1 spiro atoms. The number of piperidine rings is 1. The minimum atomic E-state index is -0.0240. The van der Waals surface area contributed by atoms with E-state index in [4.69, 9.17) is 9.47 Å². The summed E-state index contributed by atoms with van der Waals surface area (Å²) in [5.41, 5.74) is 4.66. The smallest absolute Gasteiger partial charge is 0.254 e. The number of likely N-dealkylation sites (tertiary alicyclic amines) is 1. The standard InChI is InChI=1S/C32H30N2O3/c35-31(27-12-5-9-23-7-1-3-11-26(23)27)34-20-24-8-2-4-13-28(24)32(21-34)15-17-33(18-16-32)19-25-10-6-14-29-30(25)37-22-36-29/h1-14H,15-22H2. The molecule has 0 aliphatic carbocycles. The zero-order valence-corrected chi connectivity index (χ0v) is 20.9. The van der Waals surface area contributed by atoms with Crippen molar-refractivity contribution in [3.63, 3.8) is 0 Å². The van der Waals surface area contributed by atoms with Crippen LogP contribution in [0.5, 0.6) is 11.5 Å². The van der Waals surface area contributed by atoms with Crippen molar-refractivity contribution in [2.75, 3.05) is 26.4 Å². The van der Waals surface area contributed by atoms with E-state index in [1.165, 1.54) is 16.7 Å². The van der Waals surface area contributed by atoms with Crippen LogP contribution in [0.25, 0.3) is 10.8 Å². The minimum absolute atomic E-state index is 0.0240. The van der Waals surface area contributed by atoms with Crippen molar-refractivity contribution in [1.29, 1.82) is 0 Å². The molecule has 3 aliphatic rings. The molecule has 3 heterocycles. The molecule has 0 atom stereocenters. The first kappa shape index (κ1) is 22.4. The minimum Gasteiger partial charge on any atom is -0.454 e. The molecule has 1 saturated heterocycles. The fourth-order valence-electron chi connectivity index (χ4n) is 6.54. The molecule has 0 saturated carbocycles. The molecule has 5 heteroatoms. The normalized spacial score (nSPS) is 18.2. The van der Waals surface area contributed by atoms with Crippen LogP contribution < -0.4 is 9.47 Å². The molecule has 3 aliphatic heterocycles. The van der Waals surface area contributed by atoms with Crippen LogP contribution in [0.1, 0.15) is 39.9 Å². The molecule has 0 bridgehead atoms. The summed E-state index contributed by atoms with van der Waals surface area (Å²) in [6, 6.07) is 29.1. The average molecular weight is 491 g/mol. The number of hydrogen-bond donors (Lipinski definition) is 0. The summed E-state index contributed by atoms with van der Waals surface area (Å²) in [6.07, 6.45) is 2.05. The number of carbonyl (C=O) groups is 1. The Morgan fingerprint density at radius 1 is 0.838 bits per heavy atom. The molecular formula is C32H30N2O3. The van der Waals surface area contributed by atoms with Gasteiger partial charge in [0.05, 0.1) is 0 Å². The Balaban J connectivity index is 1.15. The van der Waals surface area contributed by atoms with Gasteiger partial charge in [0.25, 0.3) is 5.91 Å². The van der Waals surface area contributed by atoms with E-state index in [2.05, 4.69) is 58.3 Å². The van der Waals surface area contributed by atoms with Gasteiger partial charge in [0, 0.05) is 36.2 Å². The number of nitrogens with zero attached hydrogens (tertiary/aromatic N) is 2. The monoisotopic (exact) mass is 490 g/mol. The number of hydrogen-bond acceptors (Lipinski definition) is 4. The Morgan fingerprint density at radius 2 is 1.62 bits per heavy atom. The fraction of sp³-hybridized carbons (Fsp3) is 0.281. The van der Waals surface area contributed by atoms with Gasteiger partial charge in [0.2, 0.25) is 6.79 Å². The Hall–Kier alpha value is -3.83. The van der Waals surface area contributed by atoms with Crippen molar-refractivity contribution in [3.05, 3.63) is 107 Å². The van der Waals surface area contributed by atoms with Gasteiger partial charge in [0.1, 0.15) is 0 Å². The van der Waals surface area contributed by atoms with E-state index in [-0.39, 0.29) is 11.3 Å². The van der Waals surface area contributed by atoms with E-state index < -0.39 is 0 Å². The molecule has 0 N–H and O–H groups in total. The predicted molar refractivity (Wildman–Crippen MR) is 144 cm³/mol. The van der Waals surface area contributed by atoms with Crippen LogP contribution in [0.4, 0.5) is 0 Å². The van der Waals surface area contributed by atoms with E-state index in [1.807, 2.05) is 36.4 Å². The molecule has 1 amide bonds. The van der Waals surface area contributed by atoms with Crippen LogP contribution in [-0.4, -0.2) is 42.1 Å². The highest BCUT2D eigenvalue weighted by molar-refractivity contribution is 6.07. The van der Waals surface area contributed by atoms with Crippen LogP contribution in [0.15, 0.2) is 84.9 Å². The van der Waals surface area contributed by atoms with E-state index in [0.717, 1.165) is 66.9 Å². The first-order valence-corrected chi connectivity index (χ1v) is 13.2. The van der Waals surface area contributed by atoms with Crippen LogP contribution >= 0.6 is 0 Å². The number of ether oxygens (including phenoxy) is 2. The molecule has 5 nitrogen and oxygen atoms in total. The van der Waals surface area contributed by atoms with E-state index in [1.54, 1.807) is 0 Å². The Bertz CT molecular complexity index is 1480. The number of benzene rings is 4. The second-order valence-electron chi connectivity index (χ2n) is 10.6. The van der Waals surface area contributed by atoms with E-state index in [9.17, 15) is 4.79 Å². The van der Waals surface area contributed by atoms with Gasteiger partial charge in [-0.2, -0.15) is 0 Å². The summed E-state index contributed by atoms with van der Waals surface area (Å²) in [7, 11) is 0. The highest BCUT2D eigenvalue weighted by Gasteiger charge is 2.43. The average Bonchev–Trinajstić information content (AvgIpc) is 3.44. The third-order valence-electron chi connectivity index (χ3n) is 8.44. The predicted octanol–water partition coefficient (Wildman–Crippen LogP) is 5.76. The van der Waals surface area contributed by atoms with Gasteiger partial charge in [-0.25, -0.2) is 0 Å². The summed E-state index contributed by atoms with van der Waals surface area (Å²) in [6.45, 7) is 4.54. The van der Waals surface area contributed by atoms with E-state index >= 15 is 0 Å². The number of carbonyl (C=O) groups excluding carboxylic acids is 1. The van der Waals surface area contributed by atoms with Gasteiger partial charge in [0.15, 0.2) is 11.5 Å². The number of fused-ring (bicyclic) bond motifs is 4. The van der Waals surface area contributed by atoms with Crippen LogP contribution in [0.2, 0.25) is 0 Å². The summed E-state index contributed by atoms with van der Waals surface area (Å²) in [5.74, 6) is 1.86. The van der Waals surface area contributed by atoms with Gasteiger partial charge in [-0.05, 0) is 60.0 Å². The second kappa shape index (κ2) is 8.93. The molecule has 4 aromatic carbocycles. The van der Waals surface area contributed by atoms with Gasteiger partial charge < -0.3 is 14.4 Å². The molecule has 186 valence electrons. The zero-order chi connectivity index (χ0) is 24.8. The SMILES string of the molecule is O=C(c1cccc2ccccc12)N1Cc2ccccc2C2(CCN(Cc3cccc4c3OCO4)CC2)C1. The Labute approximate surface area is 217 Å². The highest BCUT2D eigenvalue weighted by atomic mass is 16.7. The fourth-order valence-corrected chi connectivity index (χ4v) is 6.54. The van der Waals surface area contributed by atoms with Crippen LogP contribution in [0.3, 0.4) is 0 Å². The molecular weight excluding hydrogens is 460 g/mol. The lowest BCUT2D eigenvalue weighted by atomic mass is 9.68. The van der Waals surface area contributed by atoms with Crippen LogP contribution in [0, 0.1) is 0 Å². The zero-order valence-electron chi connectivity index (χ0n) is 20.9. The lowest BCUT2D eigenvalue weighted by Gasteiger charge is -2.48. The summed E-state index contributed by atoms with van der Waals surface area (Å²) >= 11 is 0. The van der Waals surface area contributed by atoms with Crippen molar-refractivity contribution in [3.8, 4) is 11.5 Å². The summed E-state index contributed by atoms with van der Waals surface area (Å²) in [4.78, 5) is 18.6. The number of para-hydroxylation sites is 1. The third kappa shape index (κ3) is 3.85. The van der Waals surface area contributed by atoms with Crippen molar-refractivity contribution in [2.24, 2.45) is 0 Å². The maximum Gasteiger partial charge on any atom is 0.254 e. The second-order valence-corrected chi connectivity index (χ2v) is 10.6. The van der Waals surface area contributed by atoms with Crippen molar-refractivity contribution >= 4 is 16.7 Å². The van der Waals surface area contributed by atoms with E-state index in [0.29, 0.717) is 13.3 Å². The van der Waals surface area contributed by atoms with Crippen molar-refractivity contribution < 1.29 is 14.3 Å². The topological polar surface area (TPSA) is 42.0 Å². The highest BCUT2D eigenvalue weighted by Crippen LogP contribution is 2.43. The maximum atomic E-state index is 14.0. The third-order valence-corrected chi connectivity index (χ3v) is 8.44. The van der Waals surface area contributed by atoms with Gasteiger partial charge in [-0.1, -0.05) is 72.8 Å².